The summed E-state index contributed by atoms with van der Waals surface area (Å²) in [5.41, 5.74) is 1.06. The van der Waals surface area contributed by atoms with Crippen molar-refractivity contribution in [2.24, 2.45) is 0 Å². The van der Waals surface area contributed by atoms with Crippen LogP contribution in [-0.4, -0.2) is 72.7 Å². The minimum Gasteiger partial charge on any atom is -0.497 e. The largest absolute Gasteiger partial charge is 0.497 e. The van der Waals surface area contributed by atoms with Crippen molar-refractivity contribution in [1.29, 1.82) is 0 Å². The number of benzene rings is 1. The number of hydrogen-bond acceptors (Lipinski definition) is 7. The average molecular weight is 423 g/mol. The Bertz CT molecular complexity index is 936. The predicted octanol–water partition coefficient (Wildman–Crippen LogP) is 1.03. The third-order valence-electron chi connectivity index (χ3n) is 4.96. The smallest absolute Gasteiger partial charge is 0.223 e. The maximum absolute atomic E-state index is 12.4. The quantitative estimate of drug-likeness (QED) is 0.594. The van der Waals surface area contributed by atoms with Crippen molar-refractivity contribution in [3.8, 4) is 5.75 Å². The van der Waals surface area contributed by atoms with Gasteiger partial charge in [-0.1, -0.05) is 17.3 Å². The van der Waals surface area contributed by atoms with Crippen molar-refractivity contribution in [2.45, 2.75) is 32.2 Å². The van der Waals surface area contributed by atoms with Crippen molar-refractivity contribution in [3.63, 3.8) is 0 Å². The van der Waals surface area contributed by atoms with E-state index in [9.17, 15) is 13.2 Å². The molecule has 1 saturated heterocycles. The Hall–Kier alpha value is -2.46. The van der Waals surface area contributed by atoms with Gasteiger partial charge in [-0.05, 0) is 24.1 Å². The van der Waals surface area contributed by atoms with Crippen LogP contribution in [0.1, 0.15) is 23.7 Å². The molecule has 3 rings (SSSR count). The zero-order chi connectivity index (χ0) is 21.0. The molecule has 9 nitrogen and oxygen atoms in total. The zero-order valence-corrected chi connectivity index (χ0v) is 17.7. The normalized spacial score (nSPS) is 14.8. The highest BCUT2D eigenvalue weighted by molar-refractivity contribution is 7.88. The first-order chi connectivity index (χ1) is 13.8. The van der Waals surface area contributed by atoms with Crippen LogP contribution in [0, 0.1) is 6.92 Å². The van der Waals surface area contributed by atoms with Crippen LogP contribution in [0.15, 0.2) is 28.8 Å². The van der Waals surface area contributed by atoms with Gasteiger partial charge in [0.15, 0.2) is 5.82 Å². The standard InChI is InChI=1S/C19H26N4O5S/c1-14-20-18(21-28-14)10-11-23(29(3,25)26)16-12-22(13-16)19(24)9-6-15-4-7-17(27-2)8-5-15/h4-5,7-8,16H,6,9-13H2,1-3H3. The number of sulfonamides is 1. The number of methoxy groups -OCH3 is 1. The molecule has 29 heavy (non-hydrogen) atoms. The minimum atomic E-state index is -3.40. The van der Waals surface area contributed by atoms with E-state index in [0.717, 1.165) is 11.3 Å². The van der Waals surface area contributed by atoms with E-state index in [2.05, 4.69) is 10.1 Å². The van der Waals surface area contributed by atoms with Gasteiger partial charge in [0.1, 0.15) is 5.75 Å². The molecule has 0 aliphatic carbocycles. The summed E-state index contributed by atoms with van der Waals surface area (Å²) in [5.74, 6) is 1.73. The van der Waals surface area contributed by atoms with Gasteiger partial charge in [0.05, 0.1) is 19.4 Å². The minimum absolute atomic E-state index is 0.0271. The lowest BCUT2D eigenvalue weighted by Gasteiger charge is -2.44. The molecule has 1 aliphatic heterocycles. The molecule has 0 atom stereocenters. The SMILES string of the molecule is COc1ccc(CCC(=O)N2CC(N(CCc3noc(C)n3)S(C)(=O)=O)C2)cc1. The molecule has 158 valence electrons. The van der Waals surface area contributed by atoms with Crippen LogP contribution >= 0.6 is 0 Å². The van der Waals surface area contributed by atoms with E-state index in [4.69, 9.17) is 9.26 Å². The molecular formula is C19H26N4O5S. The maximum Gasteiger partial charge on any atom is 0.223 e. The molecule has 2 heterocycles. The van der Waals surface area contributed by atoms with E-state index in [-0.39, 0.29) is 18.5 Å². The van der Waals surface area contributed by atoms with Gasteiger partial charge in [0.2, 0.25) is 21.8 Å². The second-order valence-corrected chi connectivity index (χ2v) is 9.09. The Balaban J connectivity index is 1.49. The summed E-state index contributed by atoms with van der Waals surface area (Å²) in [7, 11) is -1.79. The van der Waals surface area contributed by atoms with Gasteiger partial charge >= 0.3 is 0 Å². The van der Waals surface area contributed by atoms with Crippen LogP contribution < -0.4 is 4.74 Å². The Morgan fingerprint density at radius 1 is 1.28 bits per heavy atom. The van der Waals surface area contributed by atoms with Crippen LogP contribution in [0.3, 0.4) is 0 Å². The lowest BCUT2D eigenvalue weighted by Crippen LogP contribution is -2.62. The number of aromatic nitrogens is 2. The summed E-state index contributed by atoms with van der Waals surface area (Å²) in [4.78, 5) is 18.2. The second kappa shape index (κ2) is 8.91. The van der Waals surface area contributed by atoms with E-state index in [1.54, 1.807) is 18.9 Å². The van der Waals surface area contributed by atoms with Crippen molar-refractivity contribution in [2.75, 3.05) is 33.0 Å². The van der Waals surface area contributed by atoms with Crippen molar-refractivity contribution in [1.82, 2.24) is 19.3 Å². The number of likely N-dealkylation sites (tertiary alicyclic amines) is 1. The Morgan fingerprint density at radius 2 is 1.97 bits per heavy atom. The number of hydrogen-bond donors (Lipinski definition) is 0. The Kier molecular flexibility index (Phi) is 6.53. The monoisotopic (exact) mass is 422 g/mol. The third kappa shape index (κ3) is 5.54. The van der Waals surface area contributed by atoms with E-state index in [0.29, 0.717) is 44.1 Å². The topological polar surface area (TPSA) is 106 Å². The van der Waals surface area contributed by atoms with Gasteiger partial charge in [0.25, 0.3) is 0 Å². The first-order valence-corrected chi connectivity index (χ1v) is 11.3. The summed E-state index contributed by atoms with van der Waals surface area (Å²) >= 11 is 0. The number of aryl methyl sites for hydroxylation is 2. The van der Waals surface area contributed by atoms with E-state index in [1.165, 1.54) is 10.6 Å². The van der Waals surface area contributed by atoms with Crippen LogP contribution in [0.25, 0.3) is 0 Å². The maximum atomic E-state index is 12.4. The predicted molar refractivity (Wildman–Crippen MR) is 106 cm³/mol. The molecule has 0 unspecified atom stereocenters. The number of ether oxygens (including phenoxy) is 1. The van der Waals surface area contributed by atoms with Crippen LogP contribution in [0.4, 0.5) is 0 Å². The summed E-state index contributed by atoms with van der Waals surface area (Å²) in [5, 5.41) is 3.80. The molecular weight excluding hydrogens is 396 g/mol. The van der Waals surface area contributed by atoms with Gasteiger partial charge < -0.3 is 14.2 Å². The van der Waals surface area contributed by atoms with Gasteiger partial charge in [0, 0.05) is 39.4 Å². The van der Waals surface area contributed by atoms with Gasteiger partial charge in [-0.3, -0.25) is 4.79 Å². The Morgan fingerprint density at radius 3 is 2.52 bits per heavy atom. The highest BCUT2D eigenvalue weighted by Crippen LogP contribution is 2.20. The van der Waals surface area contributed by atoms with Gasteiger partial charge in [-0.25, -0.2) is 8.42 Å². The van der Waals surface area contributed by atoms with E-state index in [1.807, 2.05) is 24.3 Å². The van der Waals surface area contributed by atoms with Crippen LogP contribution in [-0.2, 0) is 27.7 Å². The summed E-state index contributed by atoms with van der Waals surface area (Å²) in [6.07, 6.45) is 2.58. The molecule has 1 aromatic heterocycles. The second-order valence-electron chi connectivity index (χ2n) is 7.15. The summed E-state index contributed by atoms with van der Waals surface area (Å²) in [6, 6.07) is 7.40. The molecule has 1 aliphatic rings. The first kappa shape index (κ1) is 21.3. The lowest BCUT2D eigenvalue weighted by molar-refractivity contribution is -0.137. The third-order valence-corrected chi connectivity index (χ3v) is 6.29. The van der Waals surface area contributed by atoms with Crippen molar-refractivity contribution >= 4 is 15.9 Å². The first-order valence-electron chi connectivity index (χ1n) is 9.43. The van der Waals surface area contributed by atoms with Gasteiger partial charge in [-0.2, -0.15) is 9.29 Å². The lowest BCUT2D eigenvalue weighted by atomic mass is 10.1. The molecule has 10 heteroatoms. The molecule has 0 bridgehead atoms. The molecule has 0 saturated carbocycles. The Labute approximate surface area is 170 Å². The average Bonchev–Trinajstić information content (AvgIpc) is 3.06. The van der Waals surface area contributed by atoms with Crippen molar-refractivity contribution < 1.29 is 22.5 Å². The van der Waals surface area contributed by atoms with Crippen molar-refractivity contribution in [3.05, 3.63) is 41.5 Å². The fourth-order valence-electron chi connectivity index (χ4n) is 3.31. The van der Waals surface area contributed by atoms with Gasteiger partial charge in [-0.15, -0.1) is 0 Å². The zero-order valence-electron chi connectivity index (χ0n) is 16.9. The fourth-order valence-corrected chi connectivity index (χ4v) is 4.41. The molecule has 2 aromatic rings. The number of amides is 1. The fraction of sp³-hybridized carbons (Fsp3) is 0.526. The number of carbonyl (C=O) groups excluding carboxylic acids is 1. The summed E-state index contributed by atoms with van der Waals surface area (Å²) in [6.45, 7) is 2.75. The number of nitrogens with zero attached hydrogens (tertiary/aromatic N) is 4. The molecule has 1 amide bonds. The highest BCUT2D eigenvalue weighted by atomic mass is 32.2. The van der Waals surface area contributed by atoms with E-state index >= 15 is 0 Å². The number of carbonyl (C=O) groups is 1. The molecule has 0 radical (unpaired) electrons. The molecule has 0 N–H and O–H groups in total. The highest BCUT2D eigenvalue weighted by Gasteiger charge is 2.38. The number of rotatable bonds is 9. The summed E-state index contributed by atoms with van der Waals surface area (Å²) < 4.78 is 35.8. The molecule has 0 spiro atoms. The molecule has 1 aromatic carbocycles. The molecule has 1 fully saturated rings. The van der Waals surface area contributed by atoms with Crippen LogP contribution in [0.5, 0.6) is 5.75 Å². The van der Waals surface area contributed by atoms with E-state index < -0.39 is 10.0 Å². The van der Waals surface area contributed by atoms with Crippen LogP contribution in [0.2, 0.25) is 0 Å².